The number of rotatable bonds is 6. The van der Waals surface area contributed by atoms with E-state index in [-0.39, 0.29) is 11.4 Å². The molecule has 0 atom stereocenters. The van der Waals surface area contributed by atoms with Crippen molar-refractivity contribution in [2.24, 2.45) is 0 Å². The van der Waals surface area contributed by atoms with Gasteiger partial charge in [0, 0.05) is 26.7 Å². The third kappa shape index (κ3) is 3.73. The predicted molar refractivity (Wildman–Crippen MR) is 123 cm³/mol. The topological polar surface area (TPSA) is 90.2 Å². The molecule has 2 heterocycles. The van der Waals surface area contributed by atoms with Gasteiger partial charge in [0.2, 0.25) is 0 Å². The fourth-order valence-corrected chi connectivity index (χ4v) is 4.66. The zero-order valence-electron chi connectivity index (χ0n) is 16.2. The second-order valence-electron chi connectivity index (χ2n) is 6.43. The largest absolute Gasteiger partial charge is 0.490 e. The minimum atomic E-state index is -0.466. The third-order valence-electron chi connectivity index (χ3n) is 4.65. The number of aryl methyl sites for hydroxylation is 1. The van der Waals surface area contributed by atoms with Gasteiger partial charge in [0.1, 0.15) is 17.0 Å². The number of aromatic nitrogens is 2. The number of anilines is 2. The van der Waals surface area contributed by atoms with E-state index >= 15 is 0 Å². The van der Waals surface area contributed by atoms with Crippen LogP contribution in [0.4, 0.5) is 17.2 Å². The van der Waals surface area contributed by atoms with Crippen molar-refractivity contribution in [3.05, 3.63) is 68.3 Å². The minimum absolute atomic E-state index is 0.111. The molecule has 0 aliphatic rings. The van der Waals surface area contributed by atoms with Crippen molar-refractivity contribution in [3.63, 3.8) is 0 Å². The highest BCUT2D eigenvalue weighted by atomic mass is 79.9. The Morgan fingerprint density at radius 2 is 1.97 bits per heavy atom. The molecule has 0 saturated heterocycles. The van der Waals surface area contributed by atoms with Crippen molar-refractivity contribution in [1.29, 1.82) is 0 Å². The predicted octanol–water partition coefficient (Wildman–Crippen LogP) is 6.34. The molecule has 7 nitrogen and oxygen atoms in total. The summed E-state index contributed by atoms with van der Waals surface area (Å²) in [5.74, 6) is 0.811. The first-order chi connectivity index (χ1) is 14.5. The van der Waals surface area contributed by atoms with Crippen LogP contribution in [0.2, 0.25) is 0 Å². The lowest BCUT2D eigenvalue weighted by molar-refractivity contribution is -0.385. The smallest absolute Gasteiger partial charge is 0.312 e. The van der Waals surface area contributed by atoms with Gasteiger partial charge in [-0.1, -0.05) is 35.0 Å². The molecule has 2 aromatic heterocycles. The lowest BCUT2D eigenvalue weighted by Gasteiger charge is -2.10. The lowest BCUT2D eigenvalue weighted by atomic mass is 10.0. The van der Waals surface area contributed by atoms with Crippen molar-refractivity contribution >= 4 is 54.7 Å². The van der Waals surface area contributed by atoms with E-state index in [1.54, 1.807) is 23.5 Å². The van der Waals surface area contributed by atoms with Gasteiger partial charge in [-0.05, 0) is 36.2 Å². The molecule has 0 radical (unpaired) electrons. The van der Waals surface area contributed by atoms with Gasteiger partial charge in [0.25, 0.3) is 0 Å². The van der Waals surface area contributed by atoms with Crippen molar-refractivity contribution in [1.82, 2.24) is 9.97 Å². The minimum Gasteiger partial charge on any atom is -0.490 e. The van der Waals surface area contributed by atoms with Gasteiger partial charge < -0.3 is 10.1 Å². The Bertz CT molecular complexity index is 1240. The number of halogens is 1. The Morgan fingerprint density at radius 3 is 2.63 bits per heavy atom. The summed E-state index contributed by atoms with van der Waals surface area (Å²) in [6.07, 6.45) is 2.36. The van der Waals surface area contributed by atoms with Gasteiger partial charge >= 0.3 is 5.69 Å². The van der Waals surface area contributed by atoms with Crippen LogP contribution in [0.25, 0.3) is 21.3 Å². The summed E-state index contributed by atoms with van der Waals surface area (Å²) < 4.78 is 6.09. The number of fused-ring (bicyclic) bond motifs is 1. The Hall–Kier alpha value is -3.04. The summed E-state index contributed by atoms with van der Waals surface area (Å²) in [5, 5.41) is 15.5. The molecule has 0 saturated carbocycles. The van der Waals surface area contributed by atoms with Gasteiger partial charge in [0.05, 0.1) is 17.4 Å². The highest BCUT2D eigenvalue weighted by Gasteiger charge is 2.20. The Morgan fingerprint density at radius 1 is 1.20 bits per heavy atom. The molecule has 0 fully saturated rings. The molecule has 0 spiro atoms. The van der Waals surface area contributed by atoms with Crippen molar-refractivity contribution in [3.8, 4) is 16.9 Å². The van der Waals surface area contributed by atoms with E-state index < -0.39 is 4.92 Å². The Balaban J connectivity index is 1.86. The SMILES string of the molecule is CCc1sc2ncnc(Nc3ccc(OC)c([N+](=O)[O-])c3)c2c1-c1ccc(Br)cc1. The maximum atomic E-state index is 11.4. The average Bonchev–Trinajstić information content (AvgIpc) is 3.14. The first-order valence-corrected chi connectivity index (χ1v) is 10.7. The Labute approximate surface area is 185 Å². The molecule has 9 heteroatoms. The molecule has 30 heavy (non-hydrogen) atoms. The number of methoxy groups -OCH3 is 1. The molecule has 4 rings (SSSR count). The number of thiophene rings is 1. The van der Waals surface area contributed by atoms with Gasteiger partial charge in [-0.2, -0.15) is 0 Å². The summed E-state index contributed by atoms with van der Waals surface area (Å²) in [6, 6.07) is 12.9. The van der Waals surface area contributed by atoms with Crippen LogP contribution in [0, 0.1) is 10.1 Å². The second-order valence-corrected chi connectivity index (χ2v) is 8.43. The molecular formula is C21H17BrN4O3S. The maximum absolute atomic E-state index is 11.4. The van der Waals surface area contributed by atoms with Crippen LogP contribution >= 0.6 is 27.3 Å². The van der Waals surface area contributed by atoms with Crippen molar-refractivity contribution < 1.29 is 9.66 Å². The fraction of sp³-hybridized carbons (Fsp3) is 0.143. The van der Waals surface area contributed by atoms with Crippen LogP contribution in [0.15, 0.2) is 53.3 Å². The normalized spacial score (nSPS) is 10.9. The zero-order valence-corrected chi connectivity index (χ0v) is 18.6. The molecule has 0 aliphatic carbocycles. The lowest BCUT2D eigenvalue weighted by Crippen LogP contribution is -1.98. The Kier molecular flexibility index (Phi) is 5.65. The summed E-state index contributed by atoms with van der Waals surface area (Å²) >= 11 is 5.11. The van der Waals surface area contributed by atoms with Crippen LogP contribution in [0.5, 0.6) is 5.75 Å². The quantitative estimate of drug-likeness (QED) is 0.253. The number of nitro groups is 1. The number of nitrogens with one attached hydrogen (secondary N) is 1. The molecule has 2 aromatic carbocycles. The summed E-state index contributed by atoms with van der Waals surface area (Å²) in [4.78, 5) is 21.9. The highest BCUT2D eigenvalue weighted by molar-refractivity contribution is 9.10. The molecule has 4 aromatic rings. The average molecular weight is 485 g/mol. The van der Waals surface area contributed by atoms with Crippen molar-refractivity contribution in [2.45, 2.75) is 13.3 Å². The molecule has 152 valence electrons. The van der Waals surface area contributed by atoms with E-state index in [1.807, 2.05) is 12.1 Å². The van der Waals surface area contributed by atoms with Gasteiger partial charge in [0.15, 0.2) is 5.75 Å². The van der Waals surface area contributed by atoms with Crippen LogP contribution in [0.1, 0.15) is 11.8 Å². The fourth-order valence-electron chi connectivity index (χ4n) is 3.29. The second kappa shape index (κ2) is 8.37. The number of hydrogen-bond donors (Lipinski definition) is 1. The van der Waals surface area contributed by atoms with Crippen LogP contribution in [-0.2, 0) is 6.42 Å². The van der Waals surface area contributed by atoms with Gasteiger partial charge in [-0.25, -0.2) is 9.97 Å². The van der Waals surface area contributed by atoms with Gasteiger partial charge in [-0.15, -0.1) is 11.3 Å². The van der Waals surface area contributed by atoms with E-state index in [4.69, 9.17) is 4.74 Å². The zero-order chi connectivity index (χ0) is 21.3. The monoisotopic (exact) mass is 484 g/mol. The van der Waals surface area contributed by atoms with Crippen LogP contribution < -0.4 is 10.1 Å². The highest BCUT2D eigenvalue weighted by Crippen LogP contribution is 2.42. The number of ether oxygens (including phenoxy) is 1. The van der Waals surface area contributed by atoms with E-state index in [9.17, 15) is 10.1 Å². The van der Waals surface area contributed by atoms with E-state index in [0.29, 0.717) is 11.5 Å². The van der Waals surface area contributed by atoms with Crippen LogP contribution in [-0.4, -0.2) is 22.0 Å². The number of hydrogen-bond acceptors (Lipinski definition) is 7. The van der Waals surface area contributed by atoms with Gasteiger partial charge in [-0.3, -0.25) is 10.1 Å². The number of nitrogens with zero attached hydrogens (tertiary/aromatic N) is 3. The standard InChI is InChI=1S/C21H17BrN4O3S/c1-3-17-18(12-4-6-13(22)7-5-12)19-20(23-11-24-21(19)30-17)25-14-8-9-16(29-2)15(10-14)26(27)28/h4-11H,3H2,1-2H3,(H,23,24,25). The first kappa shape index (κ1) is 20.2. The van der Waals surface area contributed by atoms with Crippen LogP contribution in [0.3, 0.4) is 0 Å². The number of benzene rings is 2. The van der Waals surface area contributed by atoms with E-state index in [2.05, 4.69) is 50.3 Å². The molecule has 0 amide bonds. The van der Waals surface area contributed by atoms with E-state index in [1.165, 1.54) is 24.4 Å². The third-order valence-corrected chi connectivity index (χ3v) is 6.42. The molecule has 0 unspecified atom stereocenters. The molecule has 0 aliphatic heterocycles. The maximum Gasteiger partial charge on any atom is 0.312 e. The van der Waals surface area contributed by atoms with E-state index in [0.717, 1.165) is 32.2 Å². The summed E-state index contributed by atoms with van der Waals surface area (Å²) in [6.45, 7) is 2.11. The summed E-state index contributed by atoms with van der Waals surface area (Å²) in [7, 11) is 1.41. The van der Waals surface area contributed by atoms with Crippen molar-refractivity contribution in [2.75, 3.05) is 12.4 Å². The number of nitro benzene ring substituents is 1. The molecular weight excluding hydrogens is 468 g/mol. The molecule has 0 bridgehead atoms. The summed E-state index contributed by atoms with van der Waals surface area (Å²) in [5.41, 5.74) is 2.59. The first-order valence-electron chi connectivity index (χ1n) is 9.13. The molecule has 1 N–H and O–H groups in total.